The fraction of sp³-hybridized carbons (Fsp3) is 0.385. The molecule has 0 unspecified atom stereocenters. The van der Waals surface area contributed by atoms with Crippen LogP contribution in [0, 0.1) is 0 Å². The molecule has 2 heterocycles. The molecule has 2 aromatic rings. The molecule has 2 rings (SSSR count). The van der Waals surface area contributed by atoms with E-state index in [1.54, 1.807) is 18.4 Å². The molecular formula is C13H17N3OS. The van der Waals surface area contributed by atoms with Gasteiger partial charge in [-0.25, -0.2) is 9.97 Å². The van der Waals surface area contributed by atoms with Crippen molar-refractivity contribution in [1.82, 2.24) is 15.3 Å². The van der Waals surface area contributed by atoms with Gasteiger partial charge < -0.3 is 10.1 Å². The zero-order valence-electron chi connectivity index (χ0n) is 10.6. The second-order valence-corrected chi connectivity index (χ2v) is 4.74. The minimum Gasteiger partial charge on any atom is -0.481 e. The van der Waals surface area contributed by atoms with E-state index in [1.165, 1.54) is 0 Å². The monoisotopic (exact) mass is 263 g/mol. The van der Waals surface area contributed by atoms with Crippen molar-refractivity contribution in [2.45, 2.75) is 19.9 Å². The lowest BCUT2D eigenvalue weighted by atomic mass is 10.3. The van der Waals surface area contributed by atoms with E-state index < -0.39 is 0 Å². The summed E-state index contributed by atoms with van der Waals surface area (Å²) in [5, 5.41) is 6.34. The Labute approximate surface area is 111 Å². The summed E-state index contributed by atoms with van der Waals surface area (Å²) in [6.07, 6.45) is 1.13. The van der Waals surface area contributed by atoms with Gasteiger partial charge in [0.05, 0.1) is 12.8 Å². The standard InChI is InChI=1S/C13H17N3OS/c1-3-7-14-8-10-9-18-13(15-10)11-5-4-6-12(16-11)17-2/h4-6,9,14H,3,7-8H2,1-2H3. The van der Waals surface area contributed by atoms with Crippen LogP contribution in [0.1, 0.15) is 19.0 Å². The van der Waals surface area contributed by atoms with Crippen LogP contribution < -0.4 is 10.1 Å². The molecule has 0 fully saturated rings. The van der Waals surface area contributed by atoms with Crippen molar-refractivity contribution in [3.05, 3.63) is 29.3 Å². The lowest BCUT2D eigenvalue weighted by Gasteiger charge is -2.00. The number of pyridine rings is 1. The number of methoxy groups -OCH3 is 1. The van der Waals surface area contributed by atoms with E-state index in [-0.39, 0.29) is 0 Å². The molecule has 1 N–H and O–H groups in total. The average molecular weight is 263 g/mol. The molecule has 5 heteroatoms. The summed E-state index contributed by atoms with van der Waals surface area (Å²) in [7, 11) is 1.62. The number of aromatic nitrogens is 2. The van der Waals surface area contributed by atoms with Crippen LogP contribution in [-0.2, 0) is 6.54 Å². The zero-order valence-corrected chi connectivity index (χ0v) is 11.5. The van der Waals surface area contributed by atoms with Gasteiger partial charge in [0.25, 0.3) is 0 Å². The van der Waals surface area contributed by atoms with Crippen molar-refractivity contribution in [2.24, 2.45) is 0 Å². The largest absolute Gasteiger partial charge is 0.481 e. The molecule has 18 heavy (non-hydrogen) atoms. The van der Waals surface area contributed by atoms with Crippen LogP contribution in [-0.4, -0.2) is 23.6 Å². The van der Waals surface area contributed by atoms with Crippen LogP contribution >= 0.6 is 11.3 Å². The Kier molecular flexibility index (Phi) is 4.66. The quantitative estimate of drug-likeness (QED) is 0.814. The van der Waals surface area contributed by atoms with Gasteiger partial charge in [0, 0.05) is 18.0 Å². The van der Waals surface area contributed by atoms with Gasteiger partial charge in [-0.1, -0.05) is 13.0 Å². The Bertz CT molecular complexity index is 498. The second-order valence-electron chi connectivity index (χ2n) is 3.89. The highest BCUT2D eigenvalue weighted by molar-refractivity contribution is 7.13. The zero-order chi connectivity index (χ0) is 12.8. The molecule has 2 aromatic heterocycles. The number of nitrogens with one attached hydrogen (secondary N) is 1. The Hall–Kier alpha value is -1.46. The maximum absolute atomic E-state index is 5.12. The molecule has 0 aliphatic carbocycles. The molecule has 0 radical (unpaired) electrons. The smallest absolute Gasteiger partial charge is 0.213 e. The summed E-state index contributed by atoms with van der Waals surface area (Å²) in [5.41, 5.74) is 1.93. The summed E-state index contributed by atoms with van der Waals surface area (Å²) < 4.78 is 5.12. The van der Waals surface area contributed by atoms with Crippen LogP contribution in [0.2, 0.25) is 0 Å². The Morgan fingerprint density at radius 3 is 3.00 bits per heavy atom. The van der Waals surface area contributed by atoms with Crippen molar-refractivity contribution in [1.29, 1.82) is 0 Å². The summed E-state index contributed by atoms with van der Waals surface area (Å²) in [6.45, 7) is 3.98. The maximum Gasteiger partial charge on any atom is 0.213 e. The highest BCUT2D eigenvalue weighted by atomic mass is 32.1. The molecule has 0 aliphatic heterocycles. The molecule has 0 amide bonds. The predicted molar refractivity (Wildman–Crippen MR) is 73.9 cm³/mol. The minimum absolute atomic E-state index is 0.619. The summed E-state index contributed by atoms with van der Waals surface area (Å²) in [5.74, 6) is 0.619. The lowest BCUT2D eigenvalue weighted by Crippen LogP contribution is -2.13. The third-order valence-electron chi connectivity index (χ3n) is 2.44. The van der Waals surface area contributed by atoms with Gasteiger partial charge in [0.15, 0.2) is 0 Å². The van der Waals surface area contributed by atoms with E-state index in [2.05, 4.69) is 27.6 Å². The van der Waals surface area contributed by atoms with Gasteiger partial charge in [-0.2, -0.15) is 0 Å². The van der Waals surface area contributed by atoms with Crippen molar-refractivity contribution in [3.63, 3.8) is 0 Å². The lowest BCUT2D eigenvalue weighted by molar-refractivity contribution is 0.398. The fourth-order valence-electron chi connectivity index (χ4n) is 1.55. The Balaban J connectivity index is 2.08. The first-order valence-corrected chi connectivity index (χ1v) is 6.88. The fourth-order valence-corrected chi connectivity index (χ4v) is 2.33. The van der Waals surface area contributed by atoms with E-state index in [9.17, 15) is 0 Å². The number of hydrogen-bond donors (Lipinski definition) is 1. The maximum atomic E-state index is 5.12. The van der Waals surface area contributed by atoms with Gasteiger partial charge in [-0.05, 0) is 19.0 Å². The normalized spacial score (nSPS) is 10.6. The first kappa shape index (κ1) is 13.0. The van der Waals surface area contributed by atoms with Gasteiger partial charge in [0.2, 0.25) is 5.88 Å². The third-order valence-corrected chi connectivity index (χ3v) is 3.35. The van der Waals surface area contributed by atoms with E-state index in [0.717, 1.165) is 35.9 Å². The van der Waals surface area contributed by atoms with Gasteiger partial charge in [-0.3, -0.25) is 0 Å². The summed E-state index contributed by atoms with van der Waals surface area (Å²) in [4.78, 5) is 8.94. The van der Waals surface area contributed by atoms with Crippen LogP contribution in [0.5, 0.6) is 5.88 Å². The number of hydrogen-bond acceptors (Lipinski definition) is 5. The molecule has 4 nitrogen and oxygen atoms in total. The highest BCUT2D eigenvalue weighted by Crippen LogP contribution is 2.23. The van der Waals surface area contributed by atoms with Crippen LogP contribution in [0.4, 0.5) is 0 Å². The molecule has 0 saturated heterocycles. The van der Waals surface area contributed by atoms with Gasteiger partial charge >= 0.3 is 0 Å². The Morgan fingerprint density at radius 1 is 1.33 bits per heavy atom. The average Bonchev–Trinajstić information content (AvgIpc) is 2.88. The third kappa shape index (κ3) is 3.27. The van der Waals surface area contributed by atoms with E-state index in [1.807, 2.05) is 18.2 Å². The molecule has 0 aliphatic rings. The Morgan fingerprint density at radius 2 is 2.22 bits per heavy atom. The van der Waals surface area contributed by atoms with Gasteiger partial charge in [0.1, 0.15) is 10.7 Å². The predicted octanol–water partition coefficient (Wildman–Crippen LogP) is 2.71. The van der Waals surface area contributed by atoms with Crippen molar-refractivity contribution in [3.8, 4) is 16.6 Å². The van der Waals surface area contributed by atoms with E-state index in [4.69, 9.17) is 4.74 Å². The number of ether oxygens (including phenoxy) is 1. The summed E-state index contributed by atoms with van der Waals surface area (Å²) in [6, 6.07) is 5.71. The minimum atomic E-state index is 0.619. The molecular weight excluding hydrogens is 246 g/mol. The number of rotatable bonds is 6. The number of thiazole rings is 1. The van der Waals surface area contributed by atoms with Crippen molar-refractivity contribution < 1.29 is 4.74 Å². The molecule has 96 valence electrons. The van der Waals surface area contributed by atoms with Crippen LogP contribution in [0.3, 0.4) is 0 Å². The molecule has 0 spiro atoms. The van der Waals surface area contributed by atoms with E-state index in [0.29, 0.717) is 5.88 Å². The second kappa shape index (κ2) is 6.47. The van der Waals surface area contributed by atoms with Gasteiger partial charge in [-0.15, -0.1) is 11.3 Å². The number of nitrogens with zero attached hydrogens (tertiary/aromatic N) is 2. The van der Waals surface area contributed by atoms with Crippen molar-refractivity contribution >= 4 is 11.3 Å². The first-order chi connectivity index (χ1) is 8.83. The SMILES string of the molecule is CCCNCc1csc(-c2cccc(OC)n2)n1. The van der Waals surface area contributed by atoms with Crippen molar-refractivity contribution in [2.75, 3.05) is 13.7 Å². The molecule has 0 bridgehead atoms. The topological polar surface area (TPSA) is 47.0 Å². The molecule has 0 atom stereocenters. The van der Waals surface area contributed by atoms with Crippen LogP contribution in [0.15, 0.2) is 23.6 Å². The summed E-state index contributed by atoms with van der Waals surface area (Å²) >= 11 is 1.61. The molecule has 0 aromatic carbocycles. The first-order valence-electron chi connectivity index (χ1n) is 6.00. The highest BCUT2D eigenvalue weighted by Gasteiger charge is 2.06. The van der Waals surface area contributed by atoms with E-state index >= 15 is 0 Å². The molecule has 0 saturated carbocycles. The van der Waals surface area contributed by atoms with Crippen LogP contribution in [0.25, 0.3) is 10.7 Å².